The van der Waals surface area contributed by atoms with Gasteiger partial charge in [0, 0.05) is 12.1 Å². The Bertz CT molecular complexity index is 577. The summed E-state index contributed by atoms with van der Waals surface area (Å²) in [5.41, 5.74) is 6.13. The zero-order valence-corrected chi connectivity index (χ0v) is 11.1. The summed E-state index contributed by atoms with van der Waals surface area (Å²) in [6.45, 7) is 0. The van der Waals surface area contributed by atoms with E-state index in [1.54, 1.807) is 0 Å². The van der Waals surface area contributed by atoms with Gasteiger partial charge in [0.15, 0.2) is 0 Å². The molecular formula is C18H19N. The molecule has 0 aromatic heterocycles. The molecule has 1 heteroatoms. The van der Waals surface area contributed by atoms with E-state index in [-0.39, 0.29) is 0 Å². The number of aryl methyl sites for hydroxylation is 1. The Morgan fingerprint density at radius 3 is 2.16 bits per heavy atom. The van der Waals surface area contributed by atoms with Gasteiger partial charge in [-0.1, -0.05) is 48.5 Å². The zero-order valence-electron chi connectivity index (χ0n) is 11.1. The van der Waals surface area contributed by atoms with Crippen LogP contribution in [0, 0.1) is 0 Å². The largest absolute Gasteiger partial charge is 0.306 e. The highest BCUT2D eigenvalue weighted by molar-refractivity contribution is 5.36. The van der Waals surface area contributed by atoms with E-state index in [4.69, 9.17) is 0 Å². The normalized spacial score (nSPS) is 21.4. The van der Waals surface area contributed by atoms with Gasteiger partial charge in [-0.15, -0.1) is 0 Å². The van der Waals surface area contributed by atoms with Crippen LogP contribution in [0.3, 0.4) is 0 Å². The fourth-order valence-electron chi connectivity index (χ4n) is 3.69. The zero-order chi connectivity index (χ0) is 12.7. The first kappa shape index (κ1) is 11.2. The van der Waals surface area contributed by atoms with E-state index in [1.165, 1.54) is 47.9 Å². The molecule has 2 aromatic carbocycles. The number of rotatable bonds is 2. The van der Waals surface area contributed by atoms with Crippen molar-refractivity contribution in [3.63, 3.8) is 0 Å². The van der Waals surface area contributed by atoms with E-state index in [0.29, 0.717) is 12.1 Å². The van der Waals surface area contributed by atoms with Crippen molar-refractivity contribution < 1.29 is 0 Å². The minimum Gasteiger partial charge on any atom is -0.306 e. The average Bonchev–Trinajstić information content (AvgIpc) is 3.03. The van der Waals surface area contributed by atoms with Gasteiger partial charge in [0.1, 0.15) is 0 Å². The number of hydrogen-bond donors (Lipinski definition) is 1. The van der Waals surface area contributed by atoms with Gasteiger partial charge in [0.2, 0.25) is 0 Å². The Morgan fingerprint density at radius 2 is 1.42 bits per heavy atom. The molecule has 2 aliphatic carbocycles. The summed E-state index contributed by atoms with van der Waals surface area (Å²) in [5, 5.41) is 3.88. The van der Waals surface area contributed by atoms with Crippen LogP contribution in [0.2, 0.25) is 0 Å². The van der Waals surface area contributed by atoms with E-state index in [9.17, 15) is 0 Å². The monoisotopic (exact) mass is 249 g/mol. The molecule has 4 rings (SSSR count). The van der Waals surface area contributed by atoms with E-state index in [2.05, 4.69) is 53.8 Å². The van der Waals surface area contributed by atoms with Crippen LogP contribution in [-0.4, -0.2) is 6.04 Å². The second-order valence-corrected chi connectivity index (χ2v) is 5.83. The lowest BCUT2D eigenvalue weighted by atomic mass is 10.1. The quantitative estimate of drug-likeness (QED) is 0.860. The molecule has 96 valence electrons. The van der Waals surface area contributed by atoms with Gasteiger partial charge in [-0.2, -0.15) is 0 Å². The standard InChI is InChI=1S/C18H19N/c1-2-7-15-12-16(11-14(15)6-1)19-18-10-9-13-5-3-4-8-17(13)18/h1-8,16,18-19H,9-12H2. The fraction of sp³-hybridized carbons (Fsp3) is 0.333. The Labute approximate surface area is 114 Å². The van der Waals surface area contributed by atoms with E-state index in [0.717, 1.165) is 0 Å². The summed E-state index contributed by atoms with van der Waals surface area (Å²) in [4.78, 5) is 0. The van der Waals surface area contributed by atoms with Gasteiger partial charge in [-0.25, -0.2) is 0 Å². The van der Waals surface area contributed by atoms with Gasteiger partial charge in [0.05, 0.1) is 0 Å². The molecule has 0 spiro atoms. The molecule has 1 N–H and O–H groups in total. The predicted molar refractivity (Wildman–Crippen MR) is 78.3 cm³/mol. The second kappa shape index (κ2) is 4.50. The SMILES string of the molecule is c1ccc2c(c1)CC(NC1CCc3ccccc31)C2. The maximum absolute atomic E-state index is 3.88. The lowest BCUT2D eigenvalue weighted by molar-refractivity contribution is 0.443. The number of fused-ring (bicyclic) bond motifs is 2. The van der Waals surface area contributed by atoms with Crippen molar-refractivity contribution in [2.45, 2.75) is 37.8 Å². The minimum absolute atomic E-state index is 0.565. The van der Waals surface area contributed by atoms with Crippen LogP contribution in [-0.2, 0) is 19.3 Å². The molecule has 2 aliphatic rings. The molecule has 0 radical (unpaired) electrons. The molecular weight excluding hydrogens is 230 g/mol. The van der Waals surface area contributed by atoms with Crippen molar-refractivity contribution in [3.8, 4) is 0 Å². The van der Waals surface area contributed by atoms with Gasteiger partial charge >= 0.3 is 0 Å². The van der Waals surface area contributed by atoms with Crippen LogP contribution in [0.15, 0.2) is 48.5 Å². The van der Waals surface area contributed by atoms with E-state index in [1.807, 2.05) is 0 Å². The predicted octanol–water partition coefficient (Wildman–Crippen LogP) is 3.43. The summed E-state index contributed by atoms with van der Waals surface area (Å²) in [6, 6.07) is 19.0. The first-order valence-electron chi connectivity index (χ1n) is 7.31. The Hall–Kier alpha value is -1.60. The summed E-state index contributed by atoms with van der Waals surface area (Å²) in [6.07, 6.45) is 4.86. The number of benzene rings is 2. The van der Waals surface area contributed by atoms with E-state index >= 15 is 0 Å². The molecule has 0 saturated carbocycles. The Kier molecular flexibility index (Phi) is 2.66. The summed E-state index contributed by atoms with van der Waals surface area (Å²) in [7, 11) is 0. The Balaban J connectivity index is 1.50. The highest BCUT2D eigenvalue weighted by Gasteiger charge is 2.27. The van der Waals surface area contributed by atoms with Crippen molar-refractivity contribution in [1.29, 1.82) is 0 Å². The summed E-state index contributed by atoms with van der Waals surface area (Å²) in [5.74, 6) is 0. The van der Waals surface area contributed by atoms with Crippen molar-refractivity contribution in [2.75, 3.05) is 0 Å². The highest BCUT2D eigenvalue weighted by atomic mass is 15.0. The molecule has 19 heavy (non-hydrogen) atoms. The van der Waals surface area contributed by atoms with Crippen molar-refractivity contribution in [3.05, 3.63) is 70.8 Å². The smallest absolute Gasteiger partial charge is 0.0328 e. The van der Waals surface area contributed by atoms with Crippen LogP contribution in [0.25, 0.3) is 0 Å². The highest BCUT2D eigenvalue weighted by Crippen LogP contribution is 2.32. The lowest BCUT2D eigenvalue weighted by Gasteiger charge is -2.19. The first-order chi connectivity index (χ1) is 9.40. The molecule has 0 aliphatic heterocycles. The molecule has 1 unspecified atom stereocenters. The molecule has 0 bridgehead atoms. The number of hydrogen-bond acceptors (Lipinski definition) is 1. The van der Waals surface area contributed by atoms with Crippen molar-refractivity contribution >= 4 is 0 Å². The van der Waals surface area contributed by atoms with Crippen LogP contribution >= 0.6 is 0 Å². The van der Waals surface area contributed by atoms with Crippen molar-refractivity contribution in [2.24, 2.45) is 0 Å². The topological polar surface area (TPSA) is 12.0 Å². The van der Waals surface area contributed by atoms with Gasteiger partial charge in [-0.3, -0.25) is 0 Å². The first-order valence-corrected chi connectivity index (χ1v) is 7.31. The van der Waals surface area contributed by atoms with Gasteiger partial charge in [0.25, 0.3) is 0 Å². The third-order valence-electron chi connectivity index (χ3n) is 4.62. The molecule has 0 saturated heterocycles. The minimum atomic E-state index is 0.565. The summed E-state index contributed by atoms with van der Waals surface area (Å²) >= 11 is 0. The summed E-state index contributed by atoms with van der Waals surface area (Å²) < 4.78 is 0. The second-order valence-electron chi connectivity index (χ2n) is 5.83. The van der Waals surface area contributed by atoms with Crippen molar-refractivity contribution in [1.82, 2.24) is 5.32 Å². The maximum atomic E-state index is 3.88. The third-order valence-corrected chi connectivity index (χ3v) is 4.62. The van der Waals surface area contributed by atoms with Crippen LogP contribution in [0.5, 0.6) is 0 Å². The van der Waals surface area contributed by atoms with Crippen LogP contribution in [0.4, 0.5) is 0 Å². The molecule has 1 nitrogen and oxygen atoms in total. The average molecular weight is 249 g/mol. The number of nitrogens with one attached hydrogen (secondary N) is 1. The third kappa shape index (κ3) is 1.98. The van der Waals surface area contributed by atoms with Crippen LogP contribution in [0.1, 0.15) is 34.7 Å². The molecule has 0 heterocycles. The Morgan fingerprint density at radius 1 is 0.789 bits per heavy atom. The van der Waals surface area contributed by atoms with Gasteiger partial charge in [-0.05, 0) is 47.9 Å². The van der Waals surface area contributed by atoms with Crippen LogP contribution < -0.4 is 5.32 Å². The fourth-order valence-corrected chi connectivity index (χ4v) is 3.69. The van der Waals surface area contributed by atoms with E-state index < -0.39 is 0 Å². The molecule has 0 amide bonds. The lowest BCUT2D eigenvalue weighted by Crippen LogP contribution is -2.32. The molecule has 0 fully saturated rings. The molecule has 2 aromatic rings. The van der Waals surface area contributed by atoms with Gasteiger partial charge < -0.3 is 5.32 Å². The maximum Gasteiger partial charge on any atom is 0.0328 e. The molecule has 1 atom stereocenters.